The molecule has 1 fully saturated rings. The highest BCUT2D eigenvalue weighted by atomic mass is 16.4. The summed E-state index contributed by atoms with van der Waals surface area (Å²) in [5, 5.41) is 0. The van der Waals surface area contributed by atoms with E-state index in [4.69, 9.17) is 9.40 Å². The summed E-state index contributed by atoms with van der Waals surface area (Å²) < 4.78 is 7.37. The zero-order chi connectivity index (χ0) is 46.9. The summed E-state index contributed by atoms with van der Waals surface area (Å²) in [6.07, 6.45) is 7.19. The highest BCUT2D eigenvalue weighted by Gasteiger charge is 2.63. The molecule has 1 saturated carbocycles. The van der Waals surface area contributed by atoms with Crippen LogP contribution in [-0.4, -0.2) is 17.2 Å². The van der Waals surface area contributed by atoms with Gasteiger partial charge in [0.25, 0.3) is 6.71 Å². The van der Waals surface area contributed by atoms with Crippen LogP contribution in [0, 0.1) is 0 Å². The number of rotatable bonds is 3. The van der Waals surface area contributed by atoms with Crippen LogP contribution in [-0.2, 0) is 32.5 Å². The highest BCUT2D eigenvalue weighted by molar-refractivity contribution is 6.99. The quantitative estimate of drug-likeness (QED) is 0.166. The monoisotopic (exact) mass is 874 g/mol. The molecule has 340 valence electrons. The molecule has 11 rings (SSSR count). The lowest BCUT2D eigenvalue weighted by molar-refractivity contribution is 0.193. The topological polar surface area (TPSA) is 32.5 Å². The van der Waals surface area contributed by atoms with Gasteiger partial charge in [0.15, 0.2) is 0 Å². The van der Waals surface area contributed by atoms with Gasteiger partial charge in [-0.15, -0.1) is 0 Å². The minimum atomic E-state index is -0.0942. The molecule has 0 N–H and O–H groups in total. The number of aromatic nitrogens is 1. The van der Waals surface area contributed by atoms with Gasteiger partial charge < -0.3 is 9.32 Å². The van der Waals surface area contributed by atoms with Gasteiger partial charge in [-0.1, -0.05) is 164 Å². The highest BCUT2D eigenvalue weighted by Crippen LogP contribution is 2.64. The van der Waals surface area contributed by atoms with Gasteiger partial charge in [0.1, 0.15) is 0 Å². The van der Waals surface area contributed by atoms with Gasteiger partial charge in [-0.05, 0) is 152 Å². The van der Waals surface area contributed by atoms with Crippen molar-refractivity contribution in [2.45, 2.75) is 180 Å². The molecule has 0 radical (unpaired) electrons. The number of fused-ring (bicyclic) bond motifs is 8. The van der Waals surface area contributed by atoms with Gasteiger partial charge in [-0.25, -0.2) is 4.98 Å². The molecule has 5 heteroatoms. The Kier molecular flexibility index (Phi) is 9.10. The van der Waals surface area contributed by atoms with Gasteiger partial charge in [0.05, 0.1) is 11.1 Å². The van der Waals surface area contributed by atoms with E-state index in [9.17, 15) is 0 Å². The Hall–Kier alpha value is -5.03. The summed E-state index contributed by atoms with van der Waals surface area (Å²) in [6.45, 7) is 36.1. The van der Waals surface area contributed by atoms with Crippen molar-refractivity contribution in [1.82, 2.24) is 4.98 Å². The Morgan fingerprint density at radius 3 is 1.80 bits per heavy atom. The molecule has 0 spiro atoms. The normalized spacial score (nSPS) is 22.4. The summed E-state index contributed by atoms with van der Waals surface area (Å²) in [5.41, 5.74) is 21.0. The lowest BCUT2D eigenvalue weighted by atomic mass is 9.35. The standard InChI is InChI=1S/C61H72BN3O/c1-55(2,3)40-24-22-38(23-25-40)37-18-20-39(21-19-37)53-63-52-54(66-53)64(42-26-27-43-45(36-42)59(12,13)33-32-58(43,10)11)47-34-41(56(4,5)6)35-48-50(47)62(52)46-29-28-44(57(7,8)9)49-51(46)65(48)61(15)31-17-16-30-60(49,61)14/h18-29,34-36H,16-17,30-33H2,1-15H3. The van der Waals surface area contributed by atoms with Crippen LogP contribution in [0.15, 0.2) is 95.4 Å². The number of benzene rings is 5. The fraction of sp³-hybridized carbons (Fsp3) is 0.459. The molecule has 5 aromatic carbocycles. The van der Waals surface area contributed by atoms with Crippen molar-refractivity contribution in [3.05, 3.63) is 124 Å². The molecule has 2 aliphatic carbocycles. The van der Waals surface area contributed by atoms with Crippen molar-refractivity contribution in [3.63, 3.8) is 0 Å². The average molecular weight is 874 g/mol. The summed E-state index contributed by atoms with van der Waals surface area (Å²) in [5.74, 6) is 1.51. The largest absolute Gasteiger partial charge is 0.420 e. The van der Waals surface area contributed by atoms with Crippen LogP contribution in [0.1, 0.15) is 176 Å². The molecule has 0 amide bonds. The lowest BCUT2D eigenvalue weighted by Gasteiger charge is -2.52. The summed E-state index contributed by atoms with van der Waals surface area (Å²) in [7, 11) is 0. The van der Waals surface area contributed by atoms with E-state index in [1.165, 1.54) is 92.6 Å². The number of hydrogen-bond donors (Lipinski definition) is 0. The molecule has 2 unspecified atom stereocenters. The maximum Gasteiger partial charge on any atom is 0.279 e. The van der Waals surface area contributed by atoms with Gasteiger partial charge in [-0.2, -0.15) is 0 Å². The zero-order valence-electron chi connectivity index (χ0n) is 42.7. The maximum atomic E-state index is 7.37. The second kappa shape index (κ2) is 13.8. The first kappa shape index (κ1) is 43.5. The average Bonchev–Trinajstić information content (AvgIpc) is 3.78. The third-order valence-corrected chi connectivity index (χ3v) is 17.6. The predicted molar refractivity (Wildman–Crippen MR) is 281 cm³/mol. The first-order valence-electron chi connectivity index (χ1n) is 25.2. The summed E-state index contributed by atoms with van der Waals surface area (Å²) in [4.78, 5) is 11.1. The van der Waals surface area contributed by atoms with Gasteiger partial charge >= 0.3 is 0 Å². The number of nitrogens with zero attached hydrogens (tertiary/aromatic N) is 3. The Balaban J connectivity index is 1.18. The molecule has 2 atom stereocenters. The van der Waals surface area contributed by atoms with Crippen molar-refractivity contribution >= 4 is 51.9 Å². The molecule has 4 heterocycles. The molecule has 0 bridgehead atoms. The number of oxazole rings is 1. The van der Waals surface area contributed by atoms with Crippen LogP contribution in [0.3, 0.4) is 0 Å². The van der Waals surface area contributed by atoms with Crippen LogP contribution in [0.4, 0.5) is 28.6 Å². The van der Waals surface area contributed by atoms with Gasteiger partial charge in [-0.3, -0.25) is 4.90 Å². The molecule has 3 aliphatic heterocycles. The van der Waals surface area contributed by atoms with E-state index in [1.54, 1.807) is 5.56 Å². The zero-order valence-corrected chi connectivity index (χ0v) is 42.7. The van der Waals surface area contributed by atoms with Gasteiger partial charge in [0.2, 0.25) is 11.8 Å². The van der Waals surface area contributed by atoms with Crippen LogP contribution >= 0.6 is 0 Å². The second-order valence-electron chi connectivity index (χ2n) is 25.9. The van der Waals surface area contributed by atoms with Crippen molar-refractivity contribution in [2.75, 3.05) is 9.80 Å². The first-order valence-corrected chi connectivity index (χ1v) is 25.2. The van der Waals surface area contributed by atoms with Crippen molar-refractivity contribution in [3.8, 4) is 22.6 Å². The van der Waals surface area contributed by atoms with E-state index in [-0.39, 0.29) is 44.7 Å². The second-order valence-corrected chi connectivity index (χ2v) is 25.9. The third kappa shape index (κ3) is 6.12. The molecule has 4 nitrogen and oxygen atoms in total. The molecular weight excluding hydrogens is 802 g/mol. The minimum Gasteiger partial charge on any atom is -0.420 e. The van der Waals surface area contributed by atoms with E-state index < -0.39 is 0 Å². The third-order valence-electron chi connectivity index (χ3n) is 17.6. The van der Waals surface area contributed by atoms with Crippen LogP contribution in [0.5, 0.6) is 0 Å². The maximum absolute atomic E-state index is 7.37. The number of hydrogen-bond acceptors (Lipinski definition) is 4. The Morgan fingerprint density at radius 1 is 0.576 bits per heavy atom. The summed E-state index contributed by atoms with van der Waals surface area (Å²) >= 11 is 0. The van der Waals surface area contributed by atoms with E-state index in [2.05, 4.69) is 205 Å². The van der Waals surface area contributed by atoms with Crippen LogP contribution in [0.2, 0.25) is 0 Å². The minimum absolute atomic E-state index is 0.00833. The summed E-state index contributed by atoms with van der Waals surface area (Å²) in [6, 6.07) is 35.3. The predicted octanol–water partition coefficient (Wildman–Crippen LogP) is 14.6. The lowest BCUT2D eigenvalue weighted by Crippen LogP contribution is -2.64. The molecular formula is C61H72BN3O. The molecule has 6 aromatic rings. The molecule has 5 aliphatic rings. The fourth-order valence-electron chi connectivity index (χ4n) is 13.1. The van der Waals surface area contributed by atoms with Crippen LogP contribution in [0.25, 0.3) is 22.6 Å². The van der Waals surface area contributed by atoms with Gasteiger partial charge in [0, 0.05) is 33.7 Å². The fourth-order valence-corrected chi connectivity index (χ4v) is 13.1. The molecule has 1 aromatic heterocycles. The van der Waals surface area contributed by atoms with Crippen molar-refractivity contribution < 1.29 is 4.42 Å². The smallest absolute Gasteiger partial charge is 0.279 e. The van der Waals surface area contributed by atoms with Crippen molar-refractivity contribution in [1.29, 1.82) is 0 Å². The van der Waals surface area contributed by atoms with Crippen LogP contribution < -0.4 is 26.3 Å². The number of anilines is 5. The van der Waals surface area contributed by atoms with E-state index in [0.29, 0.717) is 5.89 Å². The van der Waals surface area contributed by atoms with Crippen molar-refractivity contribution in [2.24, 2.45) is 0 Å². The molecule has 0 saturated heterocycles. The first-order chi connectivity index (χ1) is 30.8. The Labute approximate surface area is 396 Å². The van der Waals surface area contributed by atoms with E-state index >= 15 is 0 Å². The Bertz CT molecular complexity index is 2970. The molecule has 66 heavy (non-hydrogen) atoms. The SMILES string of the molecule is CC(C)(C)c1ccc(-c2ccc(-c3nc4c(o3)N(c3ccc5c(c3)C(C)(C)CCC5(C)C)c3cc(C(C)(C)C)cc5c3B4c3ccc(C(C)(C)C)c4c3N5C3(C)CCCCC43C)cc2)cc1. The van der Waals surface area contributed by atoms with E-state index in [0.717, 1.165) is 35.6 Å². The Morgan fingerprint density at radius 2 is 1.17 bits per heavy atom. The van der Waals surface area contributed by atoms with E-state index in [1.807, 2.05) is 0 Å².